The van der Waals surface area contributed by atoms with Crippen LogP contribution in [0.3, 0.4) is 0 Å². The minimum Gasteiger partial charge on any atom is -0.381 e. The Morgan fingerprint density at radius 2 is 0.766 bits per heavy atom. The molecule has 1 N–H and O–H groups in total. The van der Waals surface area contributed by atoms with Gasteiger partial charge >= 0.3 is 7.82 Å². The molecule has 0 aromatic heterocycles. The molecule has 0 spiro atoms. The summed E-state index contributed by atoms with van der Waals surface area (Å²) in [6.07, 6.45) is 37.4. The topological polar surface area (TPSA) is 74.2 Å². The number of phosphoric acid groups is 1. The molecule has 0 radical (unpaired) electrons. The maximum Gasteiger partial charge on any atom is 0.472 e. The summed E-state index contributed by atoms with van der Waals surface area (Å²) in [5.41, 5.74) is -0.512. The smallest absolute Gasteiger partial charge is 0.381 e. The van der Waals surface area contributed by atoms with Crippen molar-refractivity contribution < 1.29 is 28.0 Å². The second-order valence-corrected chi connectivity index (χ2v) is 16.6. The molecule has 8 heteroatoms. The zero-order valence-electron chi connectivity index (χ0n) is 31.6. The Morgan fingerprint density at radius 3 is 1.06 bits per heavy atom. The van der Waals surface area contributed by atoms with E-state index in [9.17, 15) is 9.46 Å². The van der Waals surface area contributed by atoms with Gasteiger partial charge in [-0.1, -0.05) is 204 Å². The summed E-state index contributed by atoms with van der Waals surface area (Å²) in [5.74, 6) is 0. The van der Waals surface area contributed by atoms with Gasteiger partial charge in [-0.25, -0.2) is 4.57 Å². The highest BCUT2D eigenvalue weighted by Gasteiger charge is 2.31. The van der Waals surface area contributed by atoms with Crippen molar-refractivity contribution in [2.45, 2.75) is 201 Å². The minimum absolute atomic E-state index is 0.0561. The third-order valence-corrected chi connectivity index (χ3v) is 10.4. The lowest BCUT2D eigenvalue weighted by molar-refractivity contribution is -0.0422. The number of unbranched alkanes of at least 4 members (excludes halogenated alkanes) is 26. The van der Waals surface area contributed by atoms with Crippen LogP contribution in [-0.4, -0.2) is 49.9 Å². The highest BCUT2D eigenvalue weighted by atomic mass is 79.9. The number of hydrogen-bond acceptors (Lipinski definition) is 5. The molecule has 1 unspecified atom stereocenters. The van der Waals surface area contributed by atoms with Gasteiger partial charge in [0, 0.05) is 24.0 Å². The van der Waals surface area contributed by atoms with Gasteiger partial charge in [-0.05, 0) is 12.8 Å². The maximum atomic E-state index is 12.3. The van der Waals surface area contributed by atoms with E-state index >= 15 is 0 Å². The zero-order valence-corrected chi connectivity index (χ0v) is 34.0. The molecule has 284 valence electrons. The molecule has 0 fully saturated rings. The van der Waals surface area contributed by atoms with E-state index in [1.54, 1.807) is 0 Å². The quantitative estimate of drug-likeness (QED) is 0.0381. The predicted octanol–water partition coefficient (Wildman–Crippen LogP) is 13.5. The van der Waals surface area contributed by atoms with Crippen molar-refractivity contribution in [2.24, 2.45) is 5.41 Å². The molecule has 0 saturated carbocycles. The average molecular weight is 756 g/mol. The monoisotopic (exact) mass is 754 g/mol. The van der Waals surface area contributed by atoms with Gasteiger partial charge in [-0.2, -0.15) is 0 Å². The molecule has 0 rings (SSSR count). The highest BCUT2D eigenvalue weighted by molar-refractivity contribution is 9.09. The van der Waals surface area contributed by atoms with Gasteiger partial charge in [0.15, 0.2) is 0 Å². The van der Waals surface area contributed by atoms with Crippen molar-refractivity contribution >= 4 is 23.8 Å². The number of alkyl halides is 1. The third-order valence-electron chi connectivity index (χ3n) is 9.09. The lowest BCUT2D eigenvalue weighted by atomic mass is 9.94. The van der Waals surface area contributed by atoms with Gasteiger partial charge < -0.3 is 14.4 Å². The van der Waals surface area contributed by atoms with Crippen molar-refractivity contribution in [3.05, 3.63) is 0 Å². The fraction of sp³-hybridized carbons (Fsp3) is 1.00. The molecular weight excluding hydrogens is 675 g/mol. The Morgan fingerprint density at radius 1 is 0.468 bits per heavy atom. The first-order valence-electron chi connectivity index (χ1n) is 20.2. The molecule has 6 nitrogen and oxygen atoms in total. The van der Waals surface area contributed by atoms with Crippen LogP contribution < -0.4 is 0 Å². The number of rotatable bonds is 40. The van der Waals surface area contributed by atoms with Crippen molar-refractivity contribution in [1.82, 2.24) is 0 Å². The second kappa shape index (κ2) is 36.3. The van der Waals surface area contributed by atoms with E-state index in [2.05, 4.69) is 29.8 Å². The molecule has 0 bridgehead atoms. The minimum atomic E-state index is -4.10. The van der Waals surface area contributed by atoms with Gasteiger partial charge in [0.25, 0.3) is 0 Å². The highest BCUT2D eigenvalue weighted by Crippen LogP contribution is 2.44. The lowest BCUT2D eigenvalue weighted by Gasteiger charge is -2.29. The molecule has 47 heavy (non-hydrogen) atoms. The van der Waals surface area contributed by atoms with Gasteiger partial charge in [0.1, 0.15) is 0 Å². The van der Waals surface area contributed by atoms with Crippen LogP contribution in [0.1, 0.15) is 201 Å². The van der Waals surface area contributed by atoms with Crippen LogP contribution in [0.15, 0.2) is 0 Å². The Balaban J connectivity index is 4.03. The molecule has 0 heterocycles. The van der Waals surface area contributed by atoms with E-state index in [1.165, 1.54) is 167 Å². The Bertz CT molecular complexity index is 631. The largest absolute Gasteiger partial charge is 0.472 e. The Hall–Kier alpha value is 0.510. The van der Waals surface area contributed by atoms with Gasteiger partial charge in [-0.3, -0.25) is 9.05 Å². The van der Waals surface area contributed by atoms with E-state index in [4.69, 9.17) is 18.5 Å². The van der Waals surface area contributed by atoms with Gasteiger partial charge in [0.05, 0.1) is 26.4 Å². The van der Waals surface area contributed by atoms with E-state index in [-0.39, 0.29) is 13.2 Å². The number of halogens is 1. The van der Waals surface area contributed by atoms with E-state index in [1.807, 2.05) is 6.92 Å². The van der Waals surface area contributed by atoms with Crippen LogP contribution in [0, 0.1) is 5.41 Å². The number of phosphoric ester groups is 1. The van der Waals surface area contributed by atoms with E-state index in [0.717, 1.165) is 12.8 Å². The molecular formula is C39H80BrO6P. The standard InChI is InChI=1S/C39H80BrO6P/c1-4-6-8-10-12-14-16-18-20-22-24-26-28-30-33-43-36-39(3,38-46-47(41,42)45-35-32-40)37-44-34-31-29-27-25-23-21-19-17-15-13-11-9-7-5-2/h4-38H2,1-3H3,(H,41,42). The van der Waals surface area contributed by atoms with Gasteiger partial charge in [-0.15, -0.1) is 0 Å². The molecule has 0 aliphatic rings. The summed E-state index contributed by atoms with van der Waals surface area (Å²) in [5, 5.41) is 0.475. The predicted molar refractivity (Wildman–Crippen MR) is 206 cm³/mol. The maximum absolute atomic E-state index is 12.3. The fourth-order valence-corrected chi connectivity index (χ4v) is 7.27. The molecule has 0 aromatic carbocycles. The van der Waals surface area contributed by atoms with Gasteiger partial charge in [0.2, 0.25) is 0 Å². The fourth-order valence-electron chi connectivity index (χ4n) is 5.98. The summed E-state index contributed by atoms with van der Waals surface area (Å²) < 4.78 is 34.7. The first-order valence-corrected chi connectivity index (χ1v) is 22.8. The van der Waals surface area contributed by atoms with Crippen LogP contribution in [-0.2, 0) is 23.1 Å². The molecule has 0 saturated heterocycles. The van der Waals surface area contributed by atoms with Crippen LogP contribution in [0.25, 0.3) is 0 Å². The van der Waals surface area contributed by atoms with Crippen LogP contribution in [0.2, 0.25) is 0 Å². The molecule has 0 aromatic rings. The molecule has 0 aliphatic carbocycles. The normalized spacial score (nSPS) is 13.4. The summed E-state index contributed by atoms with van der Waals surface area (Å²) in [6.45, 7) is 9.00. The lowest BCUT2D eigenvalue weighted by Crippen LogP contribution is -2.34. The average Bonchev–Trinajstić information content (AvgIpc) is 3.06. The Labute approximate surface area is 301 Å². The van der Waals surface area contributed by atoms with Crippen LogP contribution >= 0.6 is 23.8 Å². The van der Waals surface area contributed by atoms with Crippen molar-refractivity contribution in [2.75, 3.05) is 45.0 Å². The first-order chi connectivity index (χ1) is 22.9. The number of ether oxygens (including phenoxy) is 2. The third kappa shape index (κ3) is 36.1. The summed E-state index contributed by atoms with van der Waals surface area (Å²) in [6, 6.07) is 0. The van der Waals surface area contributed by atoms with E-state index < -0.39 is 13.2 Å². The molecule has 0 amide bonds. The van der Waals surface area contributed by atoms with Crippen molar-refractivity contribution in [1.29, 1.82) is 0 Å². The zero-order chi connectivity index (χ0) is 34.6. The van der Waals surface area contributed by atoms with Crippen LogP contribution in [0.4, 0.5) is 0 Å². The Kier molecular flexibility index (Phi) is 36.7. The SMILES string of the molecule is CCCCCCCCCCCCCCCCOCC(C)(COCCCCCCCCCCCCCCCC)COP(=O)(O)OCCBr. The summed E-state index contributed by atoms with van der Waals surface area (Å²) >= 11 is 3.22. The first kappa shape index (κ1) is 47.5. The second-order valence-electron chi connectivity index (χ2n) is 14.4. The molecule has 0 aliphatic heterocycles. The van der Waals surface area contributed by atoms with E-state index in [0.29, 0.717) is 31.8 Å². The van der Waals surface area contributed by atoms with Crippen molar-refractivity contribution in [3.8, 4) is 0 Å². The summed E-state index contributed by atoms with van der Waals surface area (Å²) in [7, 11) is -4.10. The van der Waals surface area contributed by atoms with Crippen molar-refractivity contribution in [3.63, 3.8) is 0 Å². The number of hydrogen-bond donors (Lipinski definition) is 1. The molecule has 1 atom stereocenters. The van der Waals surface area contributed by atoms with Crippen LogP contribution in [0.5, 0.6) is 0 Å². The summed E-state index contributed by atoms with van der Waals surface area (Å²) in [4.78, 5) is 10.0.